The Morgan fingerprint density at radius 2 is 2.45 bits per heavy atom. The van der Waals surface area contributed by atoms with Gasteiger partial charge in [0.1, 0.15) is 11.9 Å². The first-order valence-electron chi connectivity index (χ1n) is 6.38. The third-order valence-corrected chi connectivity index (χ3v) is 3.26. The Balaban J connectivity index is 2.06. The van der Waals surface area contributed by atoms with E-state index in [1.165, 1.54) is 12.1 Å². The summed E-state index contributed by atoms with van der Waals surface area (Å²) >= 11 is 0. The van der Waals surface area contributed by atoms with Gasteiger partial charge in [0.25, 0.3) is 0 Å². The topological polar surface area (TPSA) is 65.4 Å². The number of benzene rings is 1. The van der Waals surface area contributed by atoms with Crippen molar-refractivity contribution in [3.05, 3.63) is 35.1 Å². The van der Waals surface area contributed by atoms with Gasteiger partial charge in [-0.2, -0.15) is 5.26 Å². The standard InChI is InChI=1S/C14H16FN3O2/c1-17-14(19)13-9-18(4-5-20-13)8-11-6-10(7-16)2-3-12(11)15/h2-3,6,13H,4-5,8-9H2,1H3,(H,17,19)/t13-/m1/s1. The Morgan fingerprint density at radius 3 is 3.15 bits per heavy atom. The Labute approximate surface area is 116 Å². The van der Waals surface area contributed by atoms with Gasteiger partial charge in [0, 0.05) is 32.2 Å². The average Bonchev–Trinajstić information content (AvgIpc) is 2.49. The molecule has 0 radical (unpaired) electrons. The number of halogens is 1. The second-order valence-corrected chi connectivity index (χ2v) is 4.63. The smallest absolute Gasteiger partial charge is 0.250 e. The van der Waals surface area contributed by atoms with Crippen molar-refractivity contribution in [2.24, 2.45) is 0 Å². The molecule has 0 aromatic heterocycles. The fourth-order valence-corrected chi connectivity index (χ4v) is 2.17. The Kier molecular flexibility index (Phi) is 4.66. The van der Waals surface area contributed by atoms with Crippen molar-refractivity contribution in [3.8, 4) is 6.07 Å². The van der Waals surface area contributed by atoms with Gasteiger partial charge in [0.2, 0.25) is 5.91 Å². The molecule has 1 aromatic rings. The van der Waals surface area contributed by atoms with Crippen molar-refractivity contribution in [2.75, 3.05) is 26.7 Å². The van der Waals surface area contributed by atoms with E-state index in [-0.39, 0.29) is 11.7 Å². The maximum atomic E-state index is 13.7. The molecule has 1 aliphatic heterocycles. The second kappa shape index (κ2) is 6.46. The number of amides is 1. The lowest BCUT2D eigenvalue weighted by atomic mass is 10.1. The van der Waals surface area contributed by atoms with E-state index in [2.05, 4.69) is 5.32 Å². The number of carbonyl (C=O) groups excluding carboxylic acids is 1. The highest BCUT2D eigenvalue weighted by atomic mass is 19.1. The Bertz CT molecular complexity index is 542. The summed E-state index contributed by atoms with van der Waals surface area (Å²) in [5, 5.41) is 11.4. The van der Waals surface area contributed by atoms with Crippen LogP contribution in [0.2, 0.25) is 0 Å². The fraction of sp³-hybridized carbons (Fsp3) is 0.429. The Hall–Kier alpha value is -1.97. The van der Waals surface area contributed by atoms with Crippen LogP contribution in [0.1, 0.15) is 11.1 Å². The van der Waals surface area contributed by atoms with E-state index in [1.807, 2.05) is 11.0 Å². The first-order valence-corrected chi connectivity index (χ1v) is 6.38. The van der Waals surface area contributed by atoms with Gasteiger partial charge in [0.15, 0.2) is 0 Å². The van der Waals surface area contributed by atoms with E-state index in [9.17, 15) is 9.18 Å². The second-order valence-electron chi connectivity index (χ2n) is 4.63. The fourth-order valence-electron chi connectivity index (χ4n) is 2.17. The molecule has 1 fully saturated rings. The van der Waals surface area contributed by atoms with Crippen molar-refractivity contribution in [1.82, 2.24) is 10.2 Å². The number of hydrogen-bond donors (Lipinski definition) is 1. The number of carbonyl (C=O) groups is 1. The third kappa shape index (κ3) is 3.32. The number of nitrogens with one attached hydrogen (secondary N) is 1. The predicted octanol–water partition coefficient (Wildman–Crippen LogP) is 0.644. The molecule has 0 aliphatic carbocycles. The van der Waals surface area contributed by atoms with E-state index in [4.69, 9.17) is 10.00 Å². The molecule has 5 nitrogen and oxygen atoms in total. The van der Waals surface area contributed by atoms with Gasteiger partial charge >= 0.3 is 0 Å². The van der Waals surface area contributed by atoms with Crippen LogP contribution in [0.4, 0.5) is 4.39 Å². The van der Waals surface area contributed by atoms with E-state index in [1.54, 1.807) is 13.1 Å². The summed E-state index contributed by atoms with van der Waals surface area (Å²) in [7, 11) is 1.56. The quantitative estimate of drug-likeness (QED) is 0.880. The number of morpholine rings is 1. The minimum Gasteiger partial charge on any atom is -0.366 e. The van der Waals surface area contributed by atoms with Crippen LogP contribution in [0.5, 0.6) is 0 Å². The molecule has 0 saturated carbocycles. The third-order valence-electron chi connectivity index (χ3n) is 3.26. The summed E-state index contributed by atoms with van der Waals surface area (Å²) in [5.41, 5.74) is 0.888. The highest BCUT2D eigenvalue weighted by Gasteiger charge is 2.26. The molecule has 1 amide bonds. The molecule has 1 heterocycles. The summed E-state index contributed by atoms with van der Waals surface area (Å²) < 4.78 is 19.1. The number of rotatable bonds is 3. The van der Waals surface area contributed by atoms with Crippen LogP contribution < -0.4 is 5.32 Å². The van der Waals surface area contributed by atoms with Crippen molar-refractivity contribution >= 4 is 5.91 Å². The molecule has 1 aromatic carbocycles. The number of hydrogen-bond acceptors (Lipinski definition) is 4. The van der Waals surface area contributed by atoms with E-state index in [0.29, 0.717) is 37.4 Å². The highest BCUT2D eigenvalue weighted by Crippen LogP contribution is 2.15. The molecular weight excluding hydrogens is 261 g/mol. The molecule has 1 aliphatic rings. The van der Waals surface area contributed by atoms with Crippen molar-refractivity contribution in [1.29, 1.82) is 5.26 Å². The number of nitrogens with zero attached hydrogens (tertiary/aromatic N) is 2. The first kappa shape index (κ1) is 14.4. The number of nitriles is 1. The van der Waals surface area contributed by atoms with Crippen molar-refractivity contribution in [2.45, 2.75) is 12.6 Å². The summed E-state index contributed by atoms with van der Waals surface area (Å²) in [6, 6.07) is 6.28. The molecule has 1 atom stereocenters. The van der Waals surface area contributed by atoms with E-state index >= 15 is 0 Å². The number of ether oxygens (including phenoxy) is 1. The van der Waals surface area contributed by atoms with Crippen LogP contribution in [-0.4, -0.2) is 43.7 Å². The summed E-state index contributed by atoms with van der Waals surface area (Å²) in [6.45, 7) is 1.83. The average molecular weight is 277 g/mol. The van der Waals surface area contributed by atoms with Gasteiger partial charge in [-0.1, -0.05) is 0 Å². The van der Waals surface area contributed by atoms with Gasteiger partial charge < -0.3 is 10.1 Å². The molecule has 0 spiro atoms. The SMILES string of the molecule is CNC(=O)[C@H]1CN(Cc2cc(C#N)ccc2F)CCO1. The molecule has 106 valence electrons. The molecular formula is C14H16FN3O2. The first-order chi connectivity index (χ1) is 9.63. The normalized spacial score (nSPS) is 19.4. The summed E-state index contributed by atoms with van der Waals surface area (Å²) in [6.07, 6.45) is -0.532. The minimum absolute atomic E-state index is 0.180. The predicted molar refractivity (Wildman–Crippen MR) is 70.2 cm³/mol. The summed E-state index contributed by atoms with van der Waals surface area (Å²) in [5.74, 6) is -0.520. The molecule has 6 heteroatoms. The van der Waals surface area contributed by atoms with Gasteiger partial charge in [-0.3, -0.25) is 9.69 Å². The van der Waals surface area contributed by atoms with Crippen LogP contribution in [0, 0.1) is 17.1 Å². The molecule has 0 unspecified atom stereocenters. The maximum Gasteiger partial charge on any atom is 0.250 e. The lowest BCUT2D eigenvalue weighted by Crippen LogP contribution is -2.48. The van der Waals surface area contributed by atoms with Crippen LogP contribution in [-0.2, 0) is 16.1 Å². The molecule has 1 N–H and O–H groups in total. The zero-order valence-corrected chi connectivity index (χ0v) is 11.2. The molecule has 0 bridgehead atoms. The van der Waals surface area contributed by atoms with Gasteiger partial charge in [-0.05, 0) is 18.2 Å². The minimum atomic E-state index is -0.532. The van der Waals surface area contributed by atoms with Crippen molar-refractivity contribution < 1.29 is 13.9 Å². The van der Waals surface area contributed by atoms with Crippen LogP contribution >= 0.6 is 0 Å². The Morgan fingerprint density at radius 1 is 1.65 bits per heavy atom. The zero-order valence-electron chi connectivity index (χ0n) is 11.2. The van der Waals surface area contributed by atoms with Crippen LogP contribution in [0.15, 0.2) is 18.2 Å². The van der Waals surface area contributed by atoms with Crippen LogP contribution in [0.3, 0.4) is 0 Å². The van der Waals surface area contributed by atoms with Crippen LogP contribution in [0.25, 0.3) is 0 Å². The monoisotopic (exact) mass is 277 g/mol. The van der Waals surface area contributed by atoms with Gasteiger partial charge in [-0.15, -0.1) is 0 Å². The number of likely N-dealkylation sites (N-methyl/N-ethyl adjacent to an activating group) is 1. The maximum absolute atomic E-state index is 13.7. The molecule has 1 saturated heterocycles. The zero-order chi connectivity index (χ0) is 14.5. The van der Waals surface area contributed by atoms with Gasteiger partial charge in [0.05, 0.1) is 18.2 Å². The largest absolute Gasteiger partial charge is 0.366 e. The van der Waals surface area contributed by atoms with E-state index in [0.717, 1.165) is 0 Å². The lowest BCUT2D eigenvalue weighted by Gasteiger charge is -2.31. The van der Waals surface area contributed by atoms with Crippen molar-refractivity contribution in [3.63, 3.8) is 0 Å². The molecule has 20 heavy (non-hydrogen) atoms. The highest BCUT2D eigenvalue weighted by molar-refractivity contribution is 5.80. The summed E-state index contributed by atoms with van der Waals surface area (Å²) in [4.78, 5) is 13.5. The molecule has 2 rings (SSSR count). The van der Waals surface area contributed by atoms with E-state index < -0.39 is 6.10 Å². The van der Waals surface area contributed by atoms with Gasteiger partial charge in [-0.25, -0.2) is 4.39 Å². The lowest BCUT2D eigenvalue weighted by molar-refractivity contribution is -0.138.